The van der Waals surface area contributed by atoms with E-state index >= 15 is 0 Å². The number of fused-ring (bicyclic) bond motifs is 1. The average molecular weight is 461 g/mol. The van der Waals surface area contributed by atoms with Crippen molar-refractivity contribution in [2.45, 2.75) is 27.2 Å². The predicted octanol–water partition coefficient (Wildman–Crippen LogP) is 5.87. The zero-order valence-corrected chi connectivity index (χ0v) is 19.6. The minimum absolute atomic E-state index is 0.294. The molecule has 3 aromatic carbocycles. The van der Waals surface area contributed by atoms with E-state index in [4.69, 9.17) is 18.6 Å². The number of ether oxygens (including phenoxy) is 3. The Morgan fingerprint density at radius 3 is 2.21 bits per heavy atom. The van der Waals surface area contributed by atoms with Crippen molar-refractivity contribution in [3.63, 3.8) is 0 Å². The summed E-state index contributed by atoms with van der Waals surface area (Å²) < 4.78 is 23.0. The molecule has 1 aromatic heterocycles. The number of nitrogens with one attached hydrogen (secondary N) is 1. The Kier molecular flexibility index (Phi) is 7.32. The topological polar surface area (TPSA) is 82.8 Å². The van der Waals surface area contributed by atoms with Crippen LogP contribution in [0.2, 0.25) is 0 Å². The second-order valence-corrected chi connectivity index (χ2v) is 7.51. The van der Waals surface area contributed by atoms with Gasteiger partial charge in [0.25, 0.3) is 5.91 Å². The smallest absolute Gasteiger partial charge is 0.255 e. The van der Waals surface area contributed by atoms with Crippen LogP contribution in [0, 0.1) is 0 Å². The molecule has 0 radical (unpaired) electrons. The lowest BCUT2D eigenvalue weighted by molar-refractivity contribution is 0.102. The summed E-state index contributed by atoms with van der Waals surface area (Å²) in [6.07, 6.45) is 0.601. The molecule has 0 saturated carbocycles. The molecule has 0 fully saturated rings. The van der Waals surface area contributed by atoms with E-state index in [0.717, 1.165) is 5.56 Å². The monoisotopic (exact) mass is 460 g/mol. The van der Waals surface area contributed by atoms with Crippen LogP contribution < -0.4 is 19.5 Å². The fourth-order valence-electron chi connectivity index (χ4n) is 3.62. The molecule has 0 spiro atoms. The van der Waals surface area contributed by atoms with Gasteiger partial charge in [-0.25, -0.2) is 4.98 Å². The summed E-state index contributed by atoms with van der Waals surface area (Å²) in [5.74, 6) is 1.77. The van der Waals surface area contributed by atoms with Gasteiger partial charge in [-0.15, -0.1) is 0 Å². The zero-order valence-electron chi connectivity index (χ0n) is 19.6. The van der Waals surface area contributed by atoms with E-state index in [-0.39, 0.29) is 5.91 Å². The fourth-order valence-corrected chi connectivity index (χ4v) is 3.62. The van der Waals surface area contributed by atoms with Crippen molar-refractivity contribution in [1.29, 1.82) is 0 Å². The third-order valence-electron chi connectivity index (χ3n) is 5.06. The molecule has 7 nitrogen and oxygen atoms in total. The van der Waals surface area contributed by atoms with Crippen LogP contribution in [0.3, 0.4) is 0 Å². The van der Waals surface area contributed by atoms with Crippen molar-refractivity contribution in [3.05, 3.63) is 77.7 Å². The zero-order chi connectivity index (χ0) is 23.9. The molecular weight excluding hydrogens is 432 g/mol. The van der Waals surface area contributed by atoms with Crippen LogP contribution in [0.25, 0.3) is 11.1 Å². The quantitative estimate of drug-likeness (QED) is 0.319. The highest BCUT2D eigenvalue weighted by Crippen LogP contribution is 2.39. The lowest BCUT2D eigenvalue weighted by Crippen LogP contribution is -2.13. The summed E-state index contributed by atoms with van der Waals surface area (Å²) in [5.41, 5.74) is 3.48. The minimum Gasteiger partial charge on any atom is -0.490 e. The number of oxazole rings is 1. The number of rotatable bonds is 10. The highest BCUT2D eigenvalue weighted by molar-refractivity contribution is 6.05. The van der Waals surface area contributed by atoms with E-state index in [9.17, 15) is 4.79 Å². The van der Waals surface area contributed by atoms with E-state index in [1.165, 1.54) is 0 Å². The first-order valence-electron chi connectivity index (χ1n) is 11.4. The van der Waals surface area contributed by atoms with E-state index < -0.39 is 0 Å². The number of hydrogen-bond acceptors (Lipinski definition) is 6. The first-order chi connectivity index (χ1) is 16.6. The Bertz CT molecular complexity index is 1240. The molecule has 4 aromatic rings. The third kappa shape index (κ3) is 5.31. The first kappa shape index (κ1) is 23.2. The van der Waals surface area contributed by atoms with E-state index in [1.807, 2.05) is 57.2 Å². The van der Waals surface area contributed by atoms with Crippen LogP contribution >= 0.6 is 0 Å². The number of carbonyl (C=O) groups is 1. The van der Waals surface area contributed by atoms with Gasteiger partial charge in [-0.1, -0.05) is 30.3 Å². The van der Waals surface area contributed by atoms with Gasteiger partial charge in [0.1, 0.15) is 5.52 Å². The number of benzene rings is 3. The van der Waals surface area contributed by atoms with Gasteiger partial charge in [0, 0.05) is 17.7 Å². The molecule has 1 N–H and O–H groups in total. The van der Waals surface area contributed by atoms with E-state index in [0.29, 0.717) is 71.7 Å². The fraction of sp³-hybridized carbons (Fsp3) is 0.259. The summed E-state index contributed by atoms with van der Waals surface area (Å²) in [4.78, 5) is 17.7. The van der Waals surface area contributed by atoms with Gasteiger partial charge in [0.2, 0.25) is 5.75 Å². The van der Waals surface area contributed by atoms with Crippen LogP contribution in [0.4, 0.5) is 5.69 Å². The molecule has 176 valence electrons. The number of amides is 1. The minimum atomic E-state index is -0.294. The number of hydrogen-bond donors (Lipinski definition) is 1. The molecule has 34 heavy (non-hydrogen) atoms. The van der Waals surface area contributed by atoms with E-state index in [1.54, 1.807) is 24.3 Å². The Balaban J connectivity index is 1.57. The maximum atomic E-state index is 13.1. The van der Waals surface area contributed by atoms with E-state index in [2.05, 4.69) is 10.3 Å². The molecule has 0 atom stereocenters. The Morgan fingerprint density at radius 2 is 1.56 bits per heavy atom. The van der Waals surface area contributed by atoms with Crippen molar-refractivity contribution >= 4 is 22.7 Å². The van der Waals surface area contributed by atoms with Crippen LogP contribution in [0.5, 0.6) is 17.2 Å². The van der Waals surface area contributed by atoms with Crippen molar-refractivity contribution in [2.24, 2.45) is 0 Å². The molecule has 0 bridgehead atoms. The SMILES string of the molecule is CCOc1cc(C(=O)Nc2ccc3oc(Cc4ccccc4)nc3c2)cc(OCC)c1OCC. The molecule has 0 saturated heterocycles. The van der Waals surface area contributed by atoms with Gasteiger partial charge in [0.15, 0.2) is 23.0 Å². The number of anilines is 1. The maximum absolute atomic E-state index is 13.1. The average Bonchev–Trinajstić information content (AvgIpc) is 3.23. The highest BCUT2D eigenvalue weighted by Gasteiger charge is 2.19. The number of nitrogens with zero attached hydrogens (tertiary/aromatic N) is 1. The summed E-state index contributed by atoms with van der Waals surface area (Å²) in [7, 11) is 0. The van der Waals surface area contributed by atoms with Crippen molar-refractivity contribution in [3.8, 4) is 17.2 Å². The summed E-state index contributed by atoms with van der Waals surface area (Å²) in [6.45, 7) is 6.97. The third-order valence-corrected chi connectivity index (χ3v) is 5.06. The Labute approximate surface area is 198 Å². The molecular formula is C27H28N2O5. The number of aromatic nitrogens is 1. The van der Waals surface area contributed by atoms with Gasteiger partial charge in [-0.3, -0.25) is 4.79 Å². The van der Waals surface area contributed by atoms with Gasteiger partial charge in [-0.05, 0) is 56.7 Å². The highest BCUT2D eigenvalue weighted by atomic mass is 16.5. The van der Waals surface area contributed by atoms with Gasteiger partial charge in [-0.2, -0.15) is 0 Å². The van der Waals surface area contributed by atoms with Crippen LogP contribution in [-0.4, -0.2) is 30.7 Å². The largest absolute Gasteiger partial charge is 0.490 e. The molecule has 4 rings (SSSR count). The van der Waals surface area contributed by atoms with Gasteiger partial charge >= 0.3 is 0 Å². The normalized spacial score (nSPS) is 10.8. The van der Waals surface area contributed by atoms with Crippen molar-refractivity contribution < 1.29 is 23.4 Å². The summed E-state index contributed by atoms with van der Waals surface area (Å²) in [5, 5.41) is 2.93. The molecule has 0 unspecified atom stereocenters. The maximum Gasteiger partial charge on any atom is 0.255 e. The molecule has 0 aliphatic heterocycles. The van der Waals surface area contributed by atoms with Crippen LogP contribution in [0.15, 0.2) is 65.1 Å². The summed E-state index contributed by atoms with van der Waals surface area (Å²) >= 11 is 0. The lowest BCUT2D eigenvalue weighted by atomic mass is 10.1. The lowest BCUT2D eigenvalue weighted by Gasteiger charge is -2.17. The second-order valence-electron chi connectivity index (χ2n) is 7.51. The standard InChI is InChI=1S/C27H28N2O5/c1-4-31-23-15-19(16-24(32-5-2)26(23)33-6-3)27(30)28-20-12-13-22-21(17-20)29-25(34-22)14-18-10-8-7-9-11-18/h7-13,15-17H,4-6,14H2,1-3H3,(H,28,30). The second kappa shape index (κ2) is 10.7. The summed E-state index contributed by atoms with van der Waals surface area (Å²) in [6, 6.07) is 18.7. The molecule has 0 aliphatic rings. The van der Waals surface area contributed by atoms with Crippen molar-refractivity contribution in [1.82, 2.24) is 4.98 Å². The van der Waals surface area contributed by atoms with Crippen LogP contribution in [0.1, 0.15) is 42.6 Å². The van der Waals surface area contributed by atoms with Gasteiger partial charge in [0.05, 0.1) is 19.8 Å². The predicted molar refractivity (Wildman–Crippen MR) is 131 cm³/mol. The number of carbonyl (C=O) groups excluding carboxylic acids is 1. The Hall–Kier alpha value is -4.00. The molecule has 7 heteroatoms. The first-order valence-corrected chi connectivity index (χ1v) is 11.4. The van der Waals surface area contributed by atoms with Crippen LogP contribution in [-0.2, 0) is 6.42 Å². The van der Waals surface area contributed by atoms with Crippen molar-refractivity contribution in [2.75, 3.05) is 25.1 Å². The van der Waals surface area contributed by atoms with Gasteiger partial charge < -0.3 is 23.9 Å². The molecule has 1 amide bonds. The Morgan fingerprint density at radius 1 is 0.882 bits per heavy atom. The molecule has 0 aliphatic carbocycles. The molecule has 1 heterocycles.